The van der Waals surface area contributed by atoms with E-state index in [9.17, 15) is 0 Å². The maximum absolute atomic E-state index is 5.70. The minimum Gasteiger partial charge on any atom is -0.461 e. The van der Waals surface area contributed by atoms with E-state index < -0.39 is 0 Å². The highest BCUT2D eigenvalue weighted by molar-refractivity contribution is 5.36. The molecule has 1 aliphatic rings. The summed E-state index contributed by atoms with van der Waals surface area (Å²) in [4.78, 5) is 14.5. The highest BCUT2D eigenvalue weighted by Crippen LogP contribution is 2.35. The number of aromatic nitrogens is 3. The van der Waals surface area contributed by atoms with E-state index >= 15 is 0 Å². The zero-order valence-corrected chi connectivity index (χ0v) is 11.4. The van der Waals surface area contributed by atoms with E-state index in [1.54, 1.807) is 0 Å². The third-order valence-electron chi connectivity index (χ3n) is 3.19. The Morgan fingerprint density at radius 2 is 1.89 bits per heavy atom. The van der Waals surface area contributed by atoms with Gasteiger partial charge in [-0.25, -0.2) is 0 Å². The minimum atomic E-state index is 0.0193. The van der Waals surface area contributed by atoms with Crippen LogP contribution < -0.4 is 15.4 Å². The molecule has 100 valence electrons. The molecule has 0 saturated heterocycles. The Kier molecular flexibility index (Phi) is 3.54. The summed E-state index contributed by atoms with van der Waals surface area (Å²) >= 11 is 0. The van der Waals surface area contributed by atoms with Gasteiger partial charge in [0.05, 0.1) is 6.10 Å². The van der Waals surface area contributed by atoms with Gasteiger partial charge in [-0.2, -0.15) is 15.0 Å². The van der Waals surface area contributed by atoms with E-state index in [1.807, 2.05) is 25.8 Å². The Morgan fingerprint density at radius 1 is 1.22 bits per heavy atom. The Morgan fingerprint density at radius 3 is 2.44 bits per heavy atom. The van der Waals surface area contributed by atoms with Crippen molar-refractivity contribution in [2.45, 2.75) is 45.8 Å². The molecule has 0 bridgehead atoms. The largest absolute Gasteiger partial charge is 0.461 e. The van der Waals surface area contributed by atoms with Crippen LogP contribution in [0, 0.1) is 5.92 Å². The molecule has 18 heavy (non-hydrogen) atoms. The molecule has 1 aliphatic carbocycles. The van der Waals surface area contributed by atoms with Crippen molar-refractivity contribution in [3.63, 3.8) is 0 Å². The van der Waals surface area contributed by atoms with Crippen LogP contribution in [0.1, 0.15) is 33.6 Å². The van der Waals surface area contributed by atoms with Gasteiger partial charge in [-0.3, -0.25) is 0 Å². The molecule has 0 aromatic carbocycles. The van der Waals surface area contributed by atoms with E-state index in [0.717, 1.165) is 5.92 Å². The second-order valence-corrected chi connectivity index (χ2v) is 5.13. The smallest absolute Gasteiger partial charge is 0.323 e. The van der Waals surface area contributed by atoms with Gasteiger partial charge in [0.25, 0.3) is 0 Å². The number of nitrogens with zero attached hydrogens (tertiary/aromatic N) is 4. The summed E-state index contributed by atoms with van der Waals surface area (Å²) in [5.74, 6) is 1.52. The first-order valence-corrected chi connectivity index (χ1v) is 6.38. The summed E-state index contributed by atoms with van der Waals surface area (Å²) in [6, 6.07) is 0.709. The molecular formula is C12H21N5O. The van der Waals surface area contributed by atoms with Gasteiger partial charge in [-0.15, -0.1) is 0 Å². The fourth-order valence-electron chi connectivity index (χ4n) is 1.86. The number of nitrogens with two attached hydrogens (primary N) is 1. The number of rotatable bonds is 5. The van der Waals surface area contributed by atoms with Crippen molar-refractivity contribution in [2.75, 3.05) is 17.7 Å². The molecule has 1 aromatic rings. The summed E-state index contributed by atoms with van der Waals surface area (Å²) in [5, 5.41) is 0. The Bertz CT molecular complexity index is 419. The van der Waals surface area contributed by atoms with Gasteiger partial charge in [-0.05, 0) is 39.5 Å². The van der Waals surface area contributed by atoms with Crippen LogP contribution in [-0.4, -0.2) is 34.1 Å². The van der Waals surface area contributed by atoms with Crippen LogP contribution in [0.25, 0.3) is 0 Å². The molecule has 1 atom stereocenters. The average molecular weight is 251 g/mol. The van der Waals surface area contributed by atoms with Gasteiger partial charge in [0.15, 0.2) is 0 Å². The number of anilines is 2. The van der Waals surface area contributed by atoms with Gasteiger partial charge < -0.3 is 15.4 Å². The van der Waals surface area contributed by atoms with Crippen molar-refractivity contribution in [1.82, 2.24) is 15.0 Å². The summed E-state index contributed by atoms with van der Waals surface area (Å²) in [5.41, 5.74) is 5.70. The summed E-state index contributed by atoms with van der Waals surface area (Å²) in [7, 11) is 1.98. The van der Waals surface area contributed by atoms with Crippen LogP contribution in [0.3, 0.4) is 0 Å². The molecule has 2 rings (SSSR count). The zero-order chi connectivity index (χ0) is 13.3. The highest BCUT2D eigenvalue weighted by Gasteiger charge is 2.31. The molecule has 2 N–H and O–H groups in total. The predicted molar refractivity (Wildman–Crippen MR) is 70.6 cm³/mol. The van der Waals surface area contributed by atoms with Gasteiger partial charge in [-0.1, -0.05) is 0 Å². The molecule has 0 spiro atoms. The molecule has 1 fully saturated rings. The predicted octanol–water partition coefficient (Wildman–Crippen LogP) is 1.48. The third kappa shape index (κ3) is 3.00. The molecule has 0 aliphatic heterocycles. The zero-order valence-electron chi connectivity index (χ0n) is 11.4. The van der Waals surface area contributed by atoms with Crippen molar-refractivity contribution in [1.29, 1.82) is 0 Å². The van der Waals surface area contributed by atoms with Crippen molar-refractivity contribution < 1.29 is 4.74 Å². The fraction of sp³-hybridized carbons (Fsp3) is 0.750. The Labute approximate surface area is 108 Å². The average Bonchev–Trinajstić information content (AvgIpc) is 3.09. The van der Waals surface area contributed by atoms with Crippen LogP contribution >= 0.6 is 0 Å². The lowest BCUT2D eigenvalue weighted by Crippen LogP contribution is -2.32. The first-order chi connectivity index (χ1) is 8.47. The molecule has 0 radical (unpaired) electrons. The molecule has 1 aromatic heterocycles. The number of ether oxygens (including phenoxy) is 1. The molecule has 6 heteroatoms. The minimum absolute atomic E-state index is 0.0193. The molecule has 1 heterocycles. The summed E-state index contributed by atoms with van der Waals surface area (Å²) in [6.45, 7) is 6.03. The molecular weight excluding hydrogens is 230 g/mol. The second kappa shape index (κ2) is 4.96. The topological polar surface area (TPSA) is 77.2 Å². The van der Waals surface area contributed by atoms with Crippen LogP contribution in [-0.2, 0) is 0 Å². The molecule has 0 amide bonds. The van der Waals surface area contributed by atoms with Gasteiger partial charge in [0.2, 0.25) is 11.9 Å². The lowest BCUT2D eigenvalue weighted by molar-refractivity contribution is 0.222. The molecule has 6 nitrogen and oxygen atoms in total. The standard InChI is InChI=1S/C12H21N5O/c1-7(2)18-12-15-10(13)14-11(16-12)17(4)8(3)9-5-6-9/h7-9H,5-6H2,1-4H3,(H2,13,14,15,16). The van der Waals surface area contributed by atoms with Crippen LogP contribution in [0.2, 0.25) is 0 Å². The van der Waals surface area contributed by atoms with Crippen molar-refractivity contribution in [3.8, 4) is 6.01 Å². The third-order valence-corrected chi connectivity index (χ3v) is 3.19. The van der Waals surface area contributed by atoms with Crippen molar-refractivity contribution in [2.24, 2.45) is 5.92 Å². The summed E-state index contributed by atoms with van der Waals surface area (Å²) < 4.78 is 5.47. The maximum atomic E-state index is 5.70. The lowest BCUT2D eigenvalue weighted by Gasteiger charge is -2.25. The monoisotopic (exact) mass is 251 g/mol. The number of hydrogen-bond donors (Lipinski definition) is 1. The Hall–Kier alpha value is -1.59. The van der Waals surface area contributed by atoms with Crippen LogP contribution in [0.5, 0.6) is 6.01 Å². The fourth-order valence-corrected chi connectivity index (χ4v) is 1.86. The van der Waals surface area contributed by atoms with E-state index in [0.29, 0.717) is 18.0 Å². The summed E-state index contributed by atoms with van der Waals surface area (Å²) in [6.07, 6.45) is 2.58. The second-order valence-electron chi connectivity index (χ2n) is 5.13. The normalized spacial score (nSPS) is 16.7. The Balaban J connectivity index is 2.18. The van der Waals surface area contributed by atoms with Crippen LogP contribution in [0.4, 0.5) is 11.9 Å². The van der Waals surface area contributed by atoms with Crippen LogP contribution in [0.15, 0.2) is 0 Å². The molecule has 1 unspecified atom stereocenters. The number of hydrogen-bond acceptors (Lipinski definition) is 6. The van der Waals surface area contributed by atoms with Gasteiger partial charge >= 0.3 is 6.01 Å². The first kappa shape index (κ1) is 12.9. The maximum Gasteiger partial charge on any atom is 0.323 e. The van der Waals surface area contributed by atoms with Crippen molar-refractivity contribution in [3.05, 3.63) is 0 Å². The van der Waals surface area contributed by atoms with E-state index in [-0.39, 0.29) is 12.1 Å². The first-order valence-electron chi connectivity index (χ1n) is 6.38. The van der Waals surface area contributed by atoms with E-state index in [1.165, 1.54) is 12.8 Å². The van der Waals surface area contributed by atoms with Crippen molar-refractivity contribution >= 4 is 11.9 Å². The van der Waals surface area contributed by atoms with Gasteiger partial charge in [0.1, 0.15) is 0 Å². The van der Waals surface area contributed by atoms with Gasteiger partial charge in [0, 0.05) is 13.1 Å². The quantitative estimate of drug-likeness (QED) is 0.854. The molecule has 1 saturated carbocycles. The van der Waals surface area contributed by atoms with E-state index in [2.05, 4.69) is 21.9 Å². The van der Waals surface area contributed by atoms with E-state index in [4.69, 9.17) is 10.5 Å². The SMILES string of the molecule is CC(C)Oc1nc(N)nc(N(C)C(C)C2CC2)n1. The highest BCUT2D eigenvalue weighted by atomic mass is 16.5. The number of nitrogen functional groups attached to an aromatic ring is 1. The lowest BCUT2D eigenvalue weighted by atomic mass is 10.2.